The van der Waals surface area contributed by atoms with Crippen LogP contribution in [0.3, 0.4) is 0 Å². The lowest BCUT2D eigenvalue weighted by Gasteiger charge is -2.20. The third-order valence-corrected chi connectivity index (χ3v) is 5.43. The molecule has 0 spiro atoms. The van der Waals surface area contributed by atoms with Crippen molar-refractivity contribution in [2.75, 3.05) is 5.32 Å². The quantitative estimate of drug-likeness (QED) is 0.673. The fraction of sp³-hybridized carbons (Fsp3) is 0.182. The lowest BCUT2D eigenvalue weighted by atomic mass is 9.94. The molecule has 1 atom stereocenters. The third kappa shape index (κ3) is 2.79. The molecule has 1 aromatic heterocycles. The first-order valence-electron chi connectivity index (χ1n) is 9.26. The molecule has 0 radical (unpaired) electrons. The largest absolute Gasteiger partial charge is 0.505 e. The molecule has 2 aromatic carbocycles. The summed E-state index contributed by atoms with van der Waals surface area (Å²) in [6.45, 7) is 0. The molecular formula is C22H18N4O4. The van der Waals surface area contributed by atoms with Gasteiger partial charge in [0.2, 0.25) is 0 Å². The summed E-state index contributed by atoms with van der Waals surface area (Å²) in [6, 6.07) is 14.2. The van der Waals surface area contributed by atoms with Crippen LogP contribution in [-0.2, 0) is 25.3 Å². The van der Waals surface area contributed by atoms with E-state index in [9.17, 15) is 24.8 Å². The van der Waals surface area contributed by atoms with E-state index >= 15 is 0 Å². The first kappa shape index (κ1) is 19.2. The van der Waals surface area contributed by atoms with Gasteiger partial charge in [-0.15, -0.1) is 0 Å². The van der Waals surface area contributed by atoms with Crippen molar-refractivity contribution in [3.8, 4) is 6.07 Å². The Balaban J connectivity index is 1.92. The number of hydrogen-bond donors (Lipinski definition) is 2. The van der Waals surface area contributed by atoms with E-state index in [0.29, 0.717) is 0 Å². The Hall–Kier alpha value is -4.12. The van der Waals surface area contributed by atoms with Crippen LogP contribution in [0.2, 0.25) is 0 Å². The number of Topliss-reactive ketones (excluding diaryl/α,β-unsaturated/α-hetero) is 1. The van der Waals surface area contributed by atoms with Crippen LogP contribution in [0.25, 0.3) is 16.5 Å². The maximum atomic E-state index is 13.1. The maximum Gasteiger partial charge on any atom is 0.332 e. The number of anilines is 1. The van der Waals surface area contributed by atoms with Gasteiger partial charge in [0.05, 0.1) is 6.04 Å². The second-order valence-electron chi connectivity index (χ2n) is 7.17. The number of aliphatic hydroxyl groups excluding tert-OH is 1. The summed E-state index contributed by atoms with van der Waals surface area (Å²) in [7, 11) is 2.70. The van der Waals surface area contributed by atoms with Crippen molar-refractivity contribution < 1.29 is 9.90 Å². The standard InChI is InChI=1S/C22H18N4O4/c1-25-20-17(21(29)26(2)22(25)30)19(28)15(11-23)18(27)16(24-20)10-13-8-5-7-12-6-3-4-9-14(12)13/h3-9,16,24,28H,10H2,1-2H3/t16-/m0/s1. The molecule has 4 rings (SSSR count). The van der Waals surface area contributed by atoms with Crippen LogP contribution >= 0.6 is 0 Å². The summed E-state index contributed by atoms with van der Waals surface area (Å²) in [6.07, 6.45) is 0.196. The van der Waals surface area contributed by atoms with Gasteiger partial charge >= 0.3 is 5.69 Å². The third-order valence-electron chi connectivity index (χ3n) is 5.43. The highest BCUT2D eigenvalue weighted by atomic mass is 16.3. The van der Waals surface area contributed by atoms with E-state index in [2.05, 4.69) is 5.32 Å². The topological polar surface area (TPSA) is 117 Å². The highest BCUT2D eigenvalue weighted by Gasteiger charge is 2.34. The summed E-state index contributed by atoms with van der Waals surface area (Å²) in [5, 5.41) is 25.0. The van der Waals surface area contributed by atoms with Gasteiger partial charge < -0.3 is 10.4 Å². The summed E-state index contributed by atoms with van der Waals surface area (Å²) in [5.41, 5.74) is -1.33. The van der Waals surface area contributed by atoms with Crippen molar-refractivity contribution in [3.05, 3.63) is 80.0 Å². The number of hydrogen-bond acceptors (Lipinski definition) is 6. The highest BCUT2D eigenvalue weighted by Crippen LogP contribution is 2.28. The number of carbonyl (C=O) groups excluding carboxylic acids is 1. The minimum atomic E-state index is -0.952. The second-order valence-corrected chi connectivity index (χ2v) is 7.17. The zero-order valence-corrected chi connectivity index (χ0v) is 16.3. The first-order chi connectivity index (χ1) is 14.3. The molecule has 1 aliphatic rings. The Kier molecular flexibility index (Phi) is 4.51. The number of rotatable bonds is 2. The van der Waals surface area contributed by atoms with Gasteiger partial charge in [-0.25, -0.2) is 4.79 Å². The Morgan fingerprint density at radius 3 is 2.50 bits per heavy atom. The normalized spacial score (nSPS) is 16.0. The molecule has 0 saturated heterocycles. The van der Waals surface area contributed by atoms with Gasteiger partial charge in [0.25, 0.3) is 5.56 Å². The Morgan fingerprint density at radius 2 is 1.77 bits per heavy atom. The average Bonchev–Trinajstić information content (AvgIpc) is 2.85. The Labute approximate surface area is 170 Å². The van der Waals surface area contributed by atoms with Crippen molar-refractivity contribution in [1.29, 1.82) is 5.26 Å². The van der Waals surface area contributed by atoms with E-state index < -0.39 is 34.4 Å². The highest BCUT2D eigenvalue weighted by molar-refractivity contribution is 6.11. The minimum absolute atomic E-state index is 0.00411. The van der Waals surface area contributed by atoms with E-state index in [1.165, 1.54) is 14.1 Å². The zero-order valence-electron chi connectivity index (χ0n) is 16.3. The van der Waals surface area contributed by atoms with E-state index in [1.54, 1.807) is 6.07 Å². The molecule has 0 aliphatic carbocycles. The minimum Gasteiger partial charge on any atom is -0.505 e. The van der Waals surface area contributed by atoms with E-state index in [0.717, 1.165) is 25.5 Å². The zero-order chi connectivity index (χ0) is 21.6. The molecule has 0 saturated carbocycles. The van der Waals surface area contributed by atoms with Gasteiger partial charge in [0, 0.05) is 20.5 Å². The molecule has 2 heterocycles. The Bertz CT molecular complexity index is 1400. The number of aliphatic hydroxyl groups is 1. The van der Waals surface area contributed by atoms with Crippen LogP contribution in [-0.4, -0.2) is 26.1 Å². The van der Waals surface area contributed by atoms with Crippen LogP contribution in [0, 0.1) is 11.3 Å². The predicted octanol–water partition coefficient (Wildman–Crippen LogP) is 1.64. The van der Waals surface area contributed by atoms with Gasteiger partial charge in [0.1, 0.15) is 23.0 Å². The predicted molar refractivity (Wildman–Crippen MR) is 112 cm³/mol. The van der Waals surface area contributed by atoms with Gasteiger partial charge in [0.15, 0.2) is 11.5 Å². The molecule has 2 N–H and O–H groups in total. The lowest BCUT2D eigenvalue weighted by Crippen LogP contribution is -2.41. The Morgan fingerprint density at radius 1 is 1.07 bits per heavy atom. The van der Waals surface area contributed by atoms with Crippen LogP contribution in [0.4, 0.5) is 5.82 Å². The van der Waals surface area contributed by atoms with Crippen molar-refractivity contribution in [1.82, 2.24) is 9.13 Å². The molecule has 8 heteroatoms. The number of benzene rings is 2. The number of nitriles is 1. The van der Waals surface area contributed by atoms with Gasteiger partial charge in [-0.1, -0.05) is 42.5 Å². The molecule has 0 unspecified atom stereocenters. The molecule has 0 bridgehead atoms. The molecule has 0 amide bonds. The summed E-state index contributed by atoms with van der Waals surface area (Å²) in [4.78, 5) is 38.1. The SMILES string of the molecule is Cn1c2c(c(=O)n(C)c1=O)C(O)=C(C#N)C(=O)[C@H](Cc1cccc3ccccc13)N2. The monoisotopic (exact) mass is 402 g/mol. The molecule has 3 aromatic rings. The number of fused-ring (bicyclic) bond motifs is 2. The molecular weight excluding hydrogens is 384 g/mol. The smallest absolute Gasteiger partial charge is 0.332 e. The maximum absolute atomic E-state index is 13.1. The van der Waals surface area contributed by atoms with E-state index in [-0.39, 0.29) is 17.8 Å². The van der Waals surface area contributed by atoms with Crippen molar-refractivity contribution in [2.24, 2.45) is 14.1 Å². The number of nitrogens with zero attached hydrogens (tertiary/aromatic N) is 3. The van der Waals surface area contributed by atoms with Crippen LogP contribution in [0.15, 0.2) is 57.6 Å². The number of carbonyl (C=O) groups is 1. The van der Waals surface area contributed by atoms with Crippen LogP contribution in [0.5, 0.6) is 0 Å². The average molecular weight is 402 g/mol. The van der Waals surface area contributed by atoms with Crippen molar-refractivity contribution >= 4 is 28.1 Å². The van der Waals surface area contributed by atoms with E-state index in [4.69, 9.17) is 0 Å². The van der Waals surface area contributed by atoms with Crippen LogP contribution in [0.1, 0.15) is 11.1 Å². The molecule has 0 fully saturated rings. The summed E-state index contributed by atoms with van der Waals surface area (Å²) >= 11 is 0. The van der Waals surface area contributed by atoms with Gasteiger partial charge in [-0.3, -0.25) is 18.7 Å². The molecule has 8 nitrogen and oxygen atoms in total. The number of aromatic nitrogens is 2. The molecule has 1 aliphatic heterocycles. The second kappa shape index (κ2) is 7.04. The van der Waals surface area contributed by atoms with Crippen molar-refractivity contribution in [2.45, 2.75) is 12.5 Å². The first-order valence-corrected chi connectivity index (χ1v) is 9.26. The number of ketones is 1. The lowest BCUT2D eigenvalue weighted by molar-refractivity contribution is -0.115. The van der Waals surface area contributed by atoms with Crippen molar-refractivity contribution in [3.63, 3.8) is 0 Å². The van der Waals surface area contributed by atoms with Crippen LogP contribution < -0.4 is 16.6 Å². The van der Waals surface area contributed by atoms with Gasteiger partial charge in [-0.05, 0) is 16.3 Å². The summed E-state index contributed by atoms with van der Waals surface area (Å²) < 4.78 is 1.97. The molecule has 30 heavy (non-hydrogen) atoms. The fourth-order valence-electron chi connectivity index (χ4n) is 3.82. The fourth-order valence-corrected chi connectivity index (χ4v) is 3.82. The summed E-state index contributed by atoms with van der Waals surface area (Å²) in [5.74, 6) is -1.36. The van der Waals surface area contributed by atoms with E-state index in [1.807, 2.05) is 42.5 Å². The molecule has 150 valence electrons. The van der Waals surface area contributed by atoms with Gasteiger partial charge in [-0.2, -0.15) is 5.26 Å². The number of nitrogens with one attached hydrogen (secondary N) is 1.